The predicted octanol–water partition coefficient (Wildman–Crippen LogP) is 2.13. The summed E-state index contributed by atoms with van der Waals surface area (Å²) >= 11 is 0. The highest BCUT2D eigenvalue weighted by molar-refractivity contribution is 7.87. The normalized spacial score (nSPS) is 37.6. The molecule has 4 unspecified atom stereocenters. The third-order valence-electron chi connectivity index (χ3n) is 5.42. The molecule has 4 atom stereocenters. The second-order valence-electron chi connectivity index (χ2n) is 6.71. The van der Waals surface area contributed by atoms with Crippen molar-refractivity contribution in [3.8, 4) is 0 Å². The summed E-state index contributed by atoms with van der Waals surface area (Å²) in [6.45, 7) is 3.45. The summed E-state index contributed by atoms with van der Waals surface area (Å²) in [4.78, 5) is 0. The topological polar surface area (TPSA) is 49.4 Å². The Hall–Kier alpha value is -0.130. The minimum absolute atomic E-state index is 0.0993. The maximum Gasteiger partial charge on any atom is 0.279 e. The van der Waals surface area contributed by atoms with Gasteiger partial charge in [-0.25, -0.2) is 0 Å². The molecule has 3 rings (SSSR count). The molecular formula is C14H26N2O2S. The molecule has 2 bridgehead atoms. The molecule has 1 aliphatic heterocycles. The van der Waals surface area contributed by atoms with Crippen LogP contribution in [0.1, 0.15) is 51.9 Å². The van der Waals surface area contributed by atoms with Crippen LogP contribution in [0.5, 0.6) is 0 Å². The van der Waals surface area contributed by atoms with Crippen LogP contribution in [-0.4, -0.2) is 31.9 Å². The maximum absolute atomic E-state index is 12.4. The molecule has 4 nitrogen and oxygen atoms in total. The first-order valence-corrected chi connectivity index (χ1v) is 9.27. The molecule has 3 fully saturated rings. The Balaban J connectivity index is 1.60. The molecule has 110 valence electrons. The molecule has 0 radical (unpaired) electrons. The zero-order valence-corrected chi connectivity index (χ0v) is 12.7. The van der Waals surface area contributed by atoms with Crippen LogP contribution in [0.15, 0.2) is 0 Å². The highest BCUT2D eigenvalue weighted by Crippen LogP contribution is 2.49. The predicted molar refractivity (Wildman–Crippen MR) is 75.9 cm³/mol. The van der Waals surface area contributed by atoms with Gasteiger partial charge in [0, 0.05) is 19.1 Å². The van der Waals surface area contributed by atoms with E-state index in [1.54, 1.807) is 4.31 Å². The van der Waals surface area contributed by atoms with Crippen LogP contribution >= 0.6 is 0 Å². The Morgan fingerprint density at radius 2 is 1.84 bits per heavy atom. The molecule has 5 heteroatoms. The third kappa shape index (κ3) is 2.83. The van der Waals surface area contributed by atoms with Gasteiger partial charge < -0.3 is 0 Å². The fraction of sp³-hybridized carbons (Fsp3) is 1.00. The summed E-state index contributed by atoms with van der Waals surface area (Å²) in [5, 5.41) is 0. The molecule has 0 aromatic heterocycles. The van der Waals surface area contributed by atoms with Crippen molar-refractivity contribution in [2.45, 2.75) is 57.9 Å². The maximum atomic E-state index is 12.4. The Morgan fingerprint density at radius 3 is 2.42 bits per heavy atom. The lowest BCUT2D eigenvalue weighted by molar-refractivity contribution is 0.272. The molecule has 0 amide bonds. The average molecular weight is 286 g/mol. The molecule has 3 aliphatic rings. The Kier molecular flexibility index (Phi) is 3.89. The Morgan fingerprint density at radius 1 is 1.11 bits per heavy atom. The van der Waals surface area contributed by atoms with E-state index in [4.69, 9.17) is 0 Å². The molecule has 1 saturated heterocycles. The molecular weight excluding hydrogens is 260 g/mol. The largest absolute Gasteiger partial charge is 0.279 e. The van der Waals surface area contributed by atoms with Crippen LogP contribution in [-0.2, 0) is 10.2 Å². The first-order valence-electron chi connectivity index (χ1n) is 7.83. The van der Waals surface area contributed by atoms with E-state index in [1.807, 2.05) is 0 Å². The number of fused-ring (bicyclic) bond motifs is 2. The van der Waals surface area contributed by atoms with Crippen LogP contribution in [0, 0.1) is 17.8 Å². The highest BCUT2D eigenvalue weighted by Gasteiger charge is 2.43. The molecule has 1 N–H and O–H groups in total. The summed E-state index contributed by atoms with van der Waals surface area (Å²) in [5.74, 6) is 2.21. The van der Waals surface area contributed by atoms with Crippen LogP contribution in [0.3, 0.4) is 0 Å². The van der Waals surface area contributed by atoms with E-state index in [-0.39, 0.29) is 6.04 Å². The smallest absolute Gasteiger partial charge is 0.199 e. The summed E-state index contributed by atoms with van der Waals surface area (Å²) in [6.07, 6.45) is 8.41. The number of hydrogen-bond donors (Lipinski definition) is 1. The molecule has 0 aromatic rings. The van der Waals surface area contributed by atoms with Gasteiger partial charge in [0.25, 0.3) is 10.2 Å². The van der Waals surface area contributed by atoms with Gasteiger partial charge in [-0.05, 0) is 56.8 Å². The summed E-state index contributed by atoms with van der Waals surface area (Å²) < 4.78 is 29.3. The molecule has 19 heavy (non-hydrogen) atoms. The van der Waals surface area contributed by atoms with E-state index >= 15 is 0 Å². The van der Waals surface area contributed by atoms with E-state index in [9.17, 15) is 8.42 Å². The van der Waals surface area contributed by atoms with Gasteiger partial charge >= 0.3 is 0 Å². The minimum Gasteiger partial charge on any atom is -0.199 e. The van der Waals surface area contributed by atoms with Crippen molar-refractivity contribution in [1.29, 1.82) is 0 Å². The number of nitrogens with one attached hydrogen (secondary N) is 1. The Labute approximate surface area is 117 Å². The zero-order valence-electron chi connectivity index (χ0n) is 11.8. The minimum atomic E-state index is -3.25. The lowest BCUT2D eigenvalue weighted by atomic mass is 9.84. The van der Waals surface area contributed by atoms with Crippen molar-refractivity contribution < 1.29 is 8.42 Å². The fourth-order valence-corrected chi connectivity index (χ4v) is 5.94. The second kappa shape index (κ2) is 5.34. The van der Waals surface area contributed by atoms with E-state index in [1.165, 1.54) is 25.7 Å². The van der Waals surface area contributed by atoms with Crippen LogP contribution in [0.2, 0.25) is 0 Å². The van der Waals surface area contributed by atoms with Gasteiger partial charge in [0.15, 0.2) is 0 Å². The van der Waals surface area contributed by atoms with E-state index in [0.29, 0.717) is 19.0 Å². The summed E-state index contributed by atoms with van der Waals surface area (Å²) in [6, 6.07) is 0.0993. The van der Waals surface area contributed by atoms with Gasteiger partial charge in [0.1, 0.15) is 0 Å². The summed E-state index contributed by atoms with van der Waals surface area (Å²) in [7, 11) is -3.25. The van der Waals surface area contributed by atoms with Crippen molar-refractivity contribution in [3.63, 3.8) is 0 Å². The van der Waals surface area contributed by atoms with Crippen molar-refractivity contribution in [2.24, 2.45) is 17.8 Å². The number of piperidine rings is 1. The molecule has 1 heterocycles. The van der Waals surface area contributed by atoms with Gasteiger partial charge in [-0.2, -0.15) is 17.4 Å². The number of rotatable bonds is 4. The van der Waals surface area contributed by atoms with Gasteiger partial charge in [-0.15, -0.1) is 0 Å². The summed E-state index contributed by atoms with van der Waals surface area (Å²) in [5.41, 5.74) is 0. The molecule has 2 saturated carbocycles. The van der Waals surface area contributed by atoms with Crippen molar-refractivity contribution in [2.75, 3.05) is 13.1 Å². The van der Waals surface area contributed by atoms with Gasteiger partial charge in [-0.1, -0.05) is 12.8 Å². The van der Waals surface area contributed by atoms with Crippen LogP contribution < -0.4 is 4.72 Å². The SMILES string of the molecule is CC(NS(=O)(=O)N1CCCCC1)C1CC2CCC1C2. The first kappa shape index (κ1) is 13.8. The fourth-order valence-electron chi connectivity index (χ4n) is 4.41. The van der Waals surface area contributed by atoms with E-state index in [0.717, 1.165) is 31.1 Å². The molecule has 0 aromatic carbocycles. The lowest BCUT2D eigenvalue weighted by Gasteiger charge is -2.32. The number of nitrogens with zero attached hydrogens (tertiary/aromatic N) is 1. The van der Waals surface area contributed by atoms with E-state index in [2.05, 4.69) is 11.6 Å². The van der Waals surface area contributed by atoms with Crippen LogP contribution in [0.25, 0.3) is 0 Å². The van der Waals surface area contributed by atoms with Crippen molar-refractivity contribution in [3.05, 3.63) is 0 Å². The highest BCUT2D eigenvalue weighted by atomic mass is 32.2. The lowest BCUT2D eigenvalue weighted by Crippen LogP contribution is -2.49. The monoisotopic (exact) mass is 286 g/mol. The van der Waals surface area contributed by atoms with Gasteiger partial charge in [-0.3, -0.25) is 0 Å². The Bertz CT molecular complexity index is 417. The average Bonchev–Trinajstić information content (AvgIpc) is 3.01. The van der Waals surface area contributed by atoms with E-state index < -0.39 is 10.2 Å². The van der Waals surface area contributed by atoms with Crippen molar-refractivity contribution >= 4 is 10.2 Å². The molecule has 2 aliphatic carbocycles. The van der Waals surface area contributed by atoms with Crippen LogP contribution in [0.4, 0.5) is 0 Å². The quantitative estimate of drug-likeness (QED) is 0.860. The third-order valence-corrected chi connectivity index (χ3v) is 7.14. The van der Waals surface area contributed by atoms with Crippen molar-refractivity contribution in [1.82, 2.24) is 9.03 Å². The molecule has 0 spiro atoms. The standard InChI is InChI=1S/C14H26N2O2S/c1-11(14-10-12-5-6-13(14)9-12)15-19(17,18)16-7-3-2-4-8-16/h11-15H,2-10H2,1H3. The zero-order chi connectivity index (χ0) is 13.5. The van der Waals surface area contributed by atoms with Gasteiger partial charge in [0.2, 0.25) is 0 Å². The second-order valence-corrected chi connectivity index (χ2v) is 8.41. The number of hydrogen-bond acceptors (Lipinski definition) is 2. The first-order chi connectivity index (χ1) is 9.06. The van der Waals surface area contributed by atoms with Gasteiger partial charge in [0.05, 0.1) is 0 Å².